The van der Waals surface area contributed by atoms with Crippen LogP contribution in [-0.2, 0) is 12.6 Å². The Balaban J connectivity index is 1.88. The van der Waals surface area contributed by atoms with E-state index in [9.17, 15) is 13.2 Å². The normalized spacial score (nSPS) is 15.7. The molecule has 2 aromatic carbocycles. The molecule has 1 aliphatic heterocycles. The lowest BCUT2D eigenvalue weighted by atomic mass is 9.88. The Morgan fingerprint density at radius 3 is 2.35 bits per heavy atom. The van der Waals surface area contributed by atoms with Crippen molar-refractivity contribution in [3.05, 3.63) is 64.7 Å². The molecule has 0 aromatic heterocycles. The molecule has 1 aliphatic rings. The van der Waals surface area contributed by atoms with Gasteiger partial charge in [-0.2, -0.15) is 18.4 Å². The third kappa shape index (κ3) is 3.55. The number of nitrogens with zero attached hydrogens (tertiary/aromatic N) is 2. The minimum Gasteiger partial charge on any atom is -0.371 e. The molecule has 0 aliphatic carbocycles. The highest BCUT2D eigenvalue weighted by atomic mass is 19.4. The largest absolute Gasteiger partial charge is 0.418 e. The molecule has 0 amide bonds. The zero-order chi connectivity index (χ0) is 18.7. The van der Waals surface area contributed by atoms with Gasteiger partial charge in [-0.25, -0.2) is 0 Å². The summed E-state index contributed by atoms with van der Waals surface area (Å²) in [4.78, 5) is 2.03. The van der Waals surface area contributed by atoms with Crippen molar-refractivity contribution in [3.8, 4) is 6.07 Å². The Labute approximate surface area is 151 Å². The first kappa shape index (κ1) is 18.3. The SMILES string of the molecule is CCc1c(N2CCC(c3cc[c]cc3)CC2)ccc(C#N)c1C(F)(F)F. The molecule has 0 unspecified atom stereocenters. The number of hydrogen-bond acceptors (Lipinski definition) is 2. The van der Waals surface area contributed by atoms with Crippen LogP contribution in [0.4, 0.5) is 18.9 Å². The second kappa shape index (κ2) is 7.41. The summed E-state index contributed by atoms with van der Waals surface area (Å²) in [6.07, 6.45) is -2.48. The molecule has 0 atom stereocenters. The van der Waals surface area contributed by atoms with Crippen LogP contribution in [0.3, 0.4) is 0 Å². The van der Waals surface area contributed by atoms with Crippen molar-refractivity contribution in [1.29, 1.82) is 5.26 Å². The molecule has 26 heavy (non-hydrogen) atoms. The monoisotopic (exact) mass is 357 g/mol. The van der Waals surface area contributed by atoms with Crippen LogP contribution in [-0.4, -0.2) is 13.1 Å². The highest BCUT2D eigenvalue weighted by Gasteiger charge is 2.37. The molecular weight excluding hydrogens is 337 g/mol. The summed E-state index contributed by atoms with van der Waals surface area (Å²) in [6, 6.07) is 15.6. The third-order valence-corrected chi connectivity index (χ3v) is 5.10. The molecule has 5 heteroatoms. The number of nitriles is 1. The van der Waals surface area contributed by atoms with Crippen LogP contribution in [0.1, 0.15) is 47.9 Å². The Hall–Kier alpha value is -2.48. The van der Waals surface area contributed by atoms with Gasteiger partial charge in [0.2, 0.25) is 0 Å². The summed E-state index contributed by atoms with van der Waals surface area (Å²) in [5, 5.41) is 9.10. The molecule has 2 nitrogen and oxygen atoms in total. The van der Waals surface area contributed by atoms with Crippen LogP contribution < -0.4 is 4.90 Å². The van der Waals surface area contributed by atoms with Gasteiger partial charge < -0.3 is 4.90 Å². The van der Waals surface area contributed by atoms with Crippen LogP contribution in [0.2, 0.25) is 0 Å². The first-order valence-electron chi connectivity index (χ1n) is 8.79. The van der Waals surface area contributed by atoms with Crippen molar-refractivity contribution in [1.82, 2.24) is 0 Å². The van der Waals surface area contributed by atoms with E-state index in [1.54, 1.807) is 19.1 Å². The second-order valence-corrected chi connectivity index (χ2v) is 6.54. The summed E-state index contributed by atoms with van der Waals surface area (Å²) in [5.74, 6) is 0.423. The zero-order valence-corrected chi connectivity index (χ0v) is 14.6. The molecule has 1 heterocycles. The van der Waals surface area contributed by atoms with E-state index in [0.29, 0.717) is 24.7 Å². The van der Waals surface area contributed by atoms with Crippen molar-refractivity contribution in [2.45, 2.75) is 38.3 Å². The van der Waals surface area contributed by atoms with E-state index in [0.717, 1.165) is 12.8 Å². The lowest BCUT2D eigenvalue weighted by Gasteiger charge is -2.35. The van der Waals surface area contributed by atoms with Gasteiger partial charge in [0.15, 0.2) is 0 Å². The lowest BCUT2D eigenvalue weighted by molar-refractivity contribution is -0.138. The number of benzene rings is 2. The fourth-order valence-electron chi connectivity index (χ4n) is 3.83. The van der Waals surface area contributed by atoms with Gasteiger partial charge in [-0.05, 0) is 54.5 Å². The Kier molecular flexibility index (Phi) is 5.22. The number of halogens is 3. The maximum Gasteiger partial charge on any atom is 0.418 e. The number of alkyl halides is 3. The fraction of sp³-hybridized carbons (Fsp3) is 0.381. The minimum atomic E-state index is -4.52. The van der Waals surface area contributed by atoms with Crippen molar-refractivity contribution in [2.75, 3.05) is 18.0 Å². The summed E-state index contributed by atoms with van der Waals surface area (Å²) in [5.41, 5.74) is 1.02. The van der Waals surface area contributed by atoms with Gasteiger partial charge in [0, 0.05) is 18.8 Å². The predicted molar refractivity (Wildman–Crippen MR) is 95.0 cm³/mol. The maximum atomic E-state index is 13.5. The predicted octanol–water partition coefficient (Wildman–Crippen LogP) is 5.32. The molecule has 1 fully saturated rings. The third-order valence-electron chi connectivity index (χ3n) is 5.10. The van der Waals surface area contributed by atoms with E-state index in [2.05, 4.69) is 18.2 Å². The summed E-state index contributed by atoms with van der Waals surface area (Å²) >= 11 is 0. The first-order chi connectivity index (χ1) is 12.5. The molecule has 3 rings (SSSR count). The zero-order valence-electron chi connectivity index (χ0n) is 14.6. The van der Waals surface area contributed by atoms with E-state index in [1.165, 1.54) is 11.6 Å². The van der Waals surface area contributed by atoms with Crippen LogP contribution in [0.15, 0.2) is 36.4 Å². The molecule has 1 saturated heterocycles. The van der Waals surface area contributed by atoms with Gasteiger partial charge in [-0.3, -0.25) is 0 Å². The van der Waals surface area contributed by atoms with Crippen molar-refractivity contribution >= 4 is 5.69 Å². The van der Waals surface area contributed by atoms with Crippen molar-refractivity contribution in [2.24, 2.45) is 0 Å². The standard InChI is InChI=1S/C21H20F3N2/c1-2-18-19(9-8-17(14-25)20(18)21(22,23)24)26-12-10-16(11-13-26)15-6-4-3-5-7-15/h4-9,16H,2,10-13H2,1H3. The van der Waals surface area contributed by atoms with E-state index >= 15 is 0 Å². The van der Waals surface area contributed by atoms with Crippen LogP contribution in [0.25, 0.3) is 0 Å². The molecule has 0 saturated carbocycles. The lowest BCUT2D eigenvalue weighted by Crippen LogP contribution is -2.34. The van der Waals surface area contributed by atoms with E-state index in [-0.39, 0.29) is 17.5 Å². The average Bonchev–Trinajstić information content (AvgIpc) is 2.67. The first-order valence-corrected chi connectivity index (χ1v) is 8.79. The molecule has 135 valence electrons. The van der Waals surface area contributed by atoms with E-state index < -0.39 is 11.7 Å². The van der Waals surface area contributed by atoms with Gasteiger partial charge in [0.1, 0.15) is 0 Å². The molecule has 1 radical (unpaired) electrons. The highest BCUT2D eigenvalue weighted by Crippen LogP contribution is 2.40. The van der Waals surface area contributed by atoms with Gasteiger partial charge >= 0.3 is 6.18 Å². The summed E-state index contributed by atoms with van der Waals surface area (Å²) in [6.45, 7) is 3.13. The van der Waals surface area contributed by atoms with E-state index in [1.807, 2.05) is 17.0 Å². The number of rotatable bonds is 3. The quantitative estimate of drug-likeness (QED) is 0.743. The summed E-state index contributed by atoms with van der Waals surface area (Å²) < 4.78 is 40.6. The topological polar surface area (TPSA) is 27.0 Å². The van der Waals surface area contributed by atoms with Gasteiger partial charge in [-0.15, -0.1) is 0 Å². The highest BCUT2D eigenvalue weighted by molar-refractivity contribution is 5.62. The minimum absolute atomic E-state index is 0.226. The van der Waals surface area contributed by atoms with Gasteiger partial charge in [0.25, 0.3) is 0 Å². The van der Waals surface area contributed by atoms with Gasteiger partial charge in [-0.1, -0.05) is 31.2 Å². The number of hydrogen-bond donors (Lipinski definition) is 0. The Morgan fingerprint density at radius 1 is 1.15 bits per heavy atom. The van der Waals surface area contributed by atoms with Crippen LogP contribution in [0, 0.1) is 17.4 Å². The molecule has 0 spiro atoms. The maximum absolute atomic E-state index is 13.5. The Bertz CT molecular complexity index is 798. The second-order valence-electron chi connectivity index (χ2n) is 6.54. The molecular formula is C21H20F3N2. The van der Waals surface area contributed by atoms with E-state index in [4.69, 9.17) is 5.26 Å². The Morgan fingerprint density at radius 2 is 1.81 bits per heavy atom. The number of anilines is 1. The average molecular weight is 357 g/mol. The van der Waals surface area contributed by atoms with Crippen molar-refractivity contribution in [3.63, 3.8) is 0 Å². The summed E-state index contributed by atoms with van der Waals surface area (Å²) in [7, 11) is 0. The molecule has 0 bridgehead atoms. The number of piperidine rings is 1. The van der Waals surface area contributed by atoms with Crippen LogP contribution >= 0.6 is 0 Å². The van der Waals surface area contributed by atoms with Gasteiger partial charge in [0.05, 0.1) is 17.2 Å². The smallest absolute Gasteiger partial charge is 0.371 e. The van der Waals surface area contributed by atoms with Crippen molar-refractivity contribution < 1.29 is 13.2 Å². The van der Waals surface area contributed by atoms with Crippen LogP contribution in [0.5, 0.6) is 0 Å². The molecule has 2 aromatic rings. The molecule has 0 N–H and O–H groups in total. The fourth-order valence-corrected chi connectivity index (χ4v) is 3.83.